The van der Waals surface area contributed by atoms with Crippen molar-refractivity contribution in [1.82, 2.24) is 4.90 Å². The fourth-order valence-electron chi connectivity index (χ4n) is 3.35. The molecule has 1 fully saturated rings. The van der Waals surface area contributed by atoms with E-state index >= 15 is 0 Å². The first-order valence-electron chi connectivity index (χ1n) is 9.16. The number of ether oxygens (including phenoxy) is 3. The van der Waals surface area contributed by atoms with Gasteiger partial charge in [0.05, 0.1) is 39.6 Å². The fourth-order valence-corrected chi connectivity index (χ4v) is 3.35. The molecule has 1 aliphatic heterocycles. The van der Waals surface area contributed by atoms with Gasteiger partial charge >= 0.3 is 0 Å². The van der Waals surface area contributed by atoms with E-state index in [4.69, 9.17) is 14.2 Å². The van der Waals surface area contributed by atoms with Gasteiger partial charge in [0.25, 0.3) is 0 Å². The van der Waals surface area contributed by atoms with Crippen LogP contribution in [0.15, 0.2) is 30.3 Å². The molecule has 1 aromatic rings. The highest BCUT2D eigenvalue weighted by atomic mass is 16.5. The van der Waals surface area contributed by atoms with Gasteiger partial charge in [0, 0.05) is 13.1 Å². The smallest absolute Gasteiger partial charge is 0.0701 e. The highest BCUT2D eigenvalue weighted by Gasteiger charge is 2.13. The van der Waals surface area contributed by atoms with E-state index in [1.165, 1.54) is 23.1 Å². The summed E-state index contributed by atoms with van der Waals surface area (Å²) in [5.41, 5.74) is 4.45. The number of fused-ring (bicyclic) bond motifs is 1. The van der Waals surface area contributed by atoms with Gasteiger partial charge in [0.2, 0.25) is 0 Å². The zero-order valence-electron chi connectivity index (χ0n) is 14.5. The average Bonchev–Trinajstić information content (AvgIpc) is 3.00. The lowest BCUT2D eigenvalue weighted by molar-refractivity contribution is -0.00588. The molecule has 1 aliphatic carbocycles. The summed E-state index contributed by atoms with van der Waals surface area (Å²) in [6.07, 6.45) is 5.83. The van der Waals surface area contributed by atoms with Crippen molar-refractivity contribution in [3.63, 3.8) is 0 Å². The predicted octanol–water partition coefficient (Wildman–Crippen LogP) is 2.77. The van der Waals surface area contributed by atoms with Crippen molar-refractivity contribution in [3.8, 4) is 0 Å². The number of rotatable bonds is 4. The molecular formula is C20H29NO3. The zero-order chi connectivity index (χ0) is 16.5. The van der Waals surface area contributed by atoms with Gasteiger partial charge in [-0.25, -0.2) is 0 Å². The van der Waals surface area contributed by atoms with Crippen LogP contribution in [0.4, 0.5) is 0 Å². The third-order valence-corrected chi connectivity index (χ3v) is 4.70. The molecule has 0 radical (unpaired) electrons. The van der Waals surface area contributed by atoms with Crippen LogP contribution >= 0.6 is 0 Å². The summed E-state index contributed by atoms with van der Waals surface area (Å²) >= 11 is 0. The molecule has 1 aromatic carbocycles. The molecule has 0 aromatic heterocycles. The molecule has 4 nitrogen and oxygen atoms in total. The second kappa shape index (κ2) is 9.94. The van der Waals surface area contributed by atoms with E-state index in [0.717, 1.165) is 45.7 Å². The Morgan fingerprint density at radius 2 is 1.50 bits per heavy atom. The summed E-state index contributed by atoms with van der Waals surface area (Å²) < 4.78 is 16.7. The minimum absolute atomic E-state index is 0.664. The van der Waals surface area contributed by atoms with Gasteiger partial charge in [-0.05, 0) is 42.5 Å². The molecule has 0 unspecified atom stereocenters. The summed E-state index contributed by atoms with van der Waals surface area (Å²) in [5, 5.41) is 0. The molecule has 0 amide bonds. The minimum Gasteiger partial charge on any atom is -0.378 e. The van der Waals surface area contributed by atoms with Crippen molar-refractivity contribution < 1.29 is 14.2 Å². The van der Waals surface area contributed by atoms with E-state index in [9.17, 15) is 0 Å². The van der Waals surface area contributed by atoms with Crippen LogP contribution < -0.4 is 0 Å². The quantitative estimate of drug-likeness (QED) is 0.849. The summed E-state index contributed by atoms with van der Waals surface area (Å²) in [6, 6.07) is 8.78. The zero-order valence-corrected chi connectivity index (χ0v) is 14.5. The molecule has 24 heavy (non-hydrogen) atoms. The fraction of sp³-hybridized carbons (Fsp3) is 0.600. The SMILES string of the molecule is C1=C(CCCN2CCOCCOCCOCC2)c2ccccc2C1. The minimum atomic E-state index is 0.664. The van der Waals surface area contributed by atoms with Crippen molar-refractivity contribution in [2.75, 3.05) is 59.3 Å². The first-order chi connectivity index (χ1) is 11.9. The van der Waals surface area contributed by atoms with Gasteiger partial charge in [0.15, 0.2) is 0 Å². The summed E-state index contributed by atoms with van der Waals surface area (Å²) in [4.78, 5) is 2.46. The predicted molar refractivity (Wildman–Crippen MR) is 96.3 cm³/mol. The first kappa shape index (κ1) is 17.6. The maximum Gasteiger partial charge on any atom is 0.0701 e. The molecule has 1 saturated heterocycles. The molecule has 1 heterocycles. The van der Waals surface area contributed by atoms with Crippen LogP contribution in [0.3, 0.4) is 0 Å². The maximum absolute atomic E-state index is 5.64. The second-order valence-corrected chi connectivity index (χ2v) is 6.37. The van der Waals surface area contributed by atoms with Crippen LogP contribution in [-0.2, 0) is 20.6 Å². The Labute approximate surface area is 145 Å². The normalized spacial score (nSPS) is 20.8. The maximum atomic E-state index is 5.64. The standard InChI is InChI=1S/C20H29NO3/c1-2-6-20-18(4-1)7-8-19(20)5-3-9-21-10-12-22-14-16-24-17-15-23-13-11-21/h1-2,4,6,8H,3,5,7,9-17H2. The third kappa shape index (κ3) is 5.42. The van der Waals surface area contributed by atoms with Crippen molar-refractivity contribution in [2.45, 2.75) is 19.3 Å². The largest absolute Gasteiger partial charge is 0.378 e. The number of nitrogens with zero attached hydrogens (tertiary/aromatic N) is 1. The molecule has 0 atom stereocenters. The lowest BCUT2D eigenvalue weighted by atomic mass is 10.0. The van der Waals surface area contributed by atoms with Gasteiger partial charge in [-0.3, -0.25) is 4.90 Å². The number of allylic oxidation sites excluding steroid dienone is 2. The van der Waals surface area contributed by atoms with Gasteiger partial charge in [-0.15, -0.1) is 0 Å². The van der Waals surface area contributed by atoms with E-state index in [2.05, 4.69) is 35.2 Å². The van der Waals surface area contributed by atoms with Crippen LogP contribution in [0.25, 0.3) is 5.57 Å². The number of hydrogen-bond acceptors (Lipinski definition) is 4. The lowest BCUT2D eigenvalue weighted by Crippen LogP contribution is -2.33. The molecule has 0 N–H and O–H groups in total. The van der Waals surface area contributed by atoms with Gasteiger partial charge in [-0.1, -0.05) is 30.3 Å². The molecule has 0 saturated carbocycles. The lowest BCUT2D eigenvalue weighted by Gasteiger charge is -2.23. The van der Waals surface area contributed by atoms with Crippen molar-refractivity contribution in [3.05, 3.63) is 41.5 Å². The molecule has 0 spiro atoms. The van der Waals surface area contributed by atoms with Gasteiger partial charge in [0.1, 0.15) is 0 Å². The Bertz CT molecular complexity index is 517. The number of benzene rings is 1. The molecule has 4 heteroatoms. The Morgan fingerprint density at radius 1 is 0.833 bits per heavy atom. The van der Waals surface area contributed by atoms with Crippen LogP contribution in [-0.4, -0.2) is 64.2 Å². The van der Waals surface area contributed by atoms with Crippen molar-refractivity contribution in [1.29, 1.82) is 0 Å². The van der Waals surface area contributed by atoms with E-state index in [1.807, 2.05) is 0 Å². The van der Waals surface area contributed by atoms with Gasteiger partial charge in [-0.2, -0.15) is 0 Å². The molecule has 3 rings (SSSR count). The Balaban J connectivity index is 1.42. The van der Waals surface area contributed by atoms with Crippen LogP contribution in [0.1, 0.15) is 24.0 Å². The average molecular weight is 331 g/mol. The monoisotopic (exact) mass is 331 g/mol. The first-order valence-corrected chi connectivity index (χ1v) is 9.16. The molecule has 0 bridgehead atoms. The molecule has 132 valence electrons. The third-order valence-electron chi connectivity index (χ3n) is 4.70. The Kier molecular flexibility index (Phi) is 7.30. The van der Waals surface area contributed by atoms with Crippen LogP contribution in [0.2, 0.25) is 0 Å². The van der Waals surface area contributed by atoms with Crippen molar-refractivity contribution >= 4 is 5.57 Å². The van der Waals surface area contributed by atoms with E-state index in [-0.39, 0.29) is 0 Å². The highest BCUT2D eigenvalue weighted by Crippen LogP contribution is 2.30. The van der Waals surface area contributed by atoms with E-state index in [1.54, 1.807) is 0 Å². The topological polar surface area (TPSA) is 30.9 Å². The summed E-state index contributed by atoms with van der Waals surface area (Å²) in [7, 11) is 0. The summed E-state index contributed by atoms with van der Waals surface area (Å²) in [5.74, 6) is 0. The Morgan fingerprint density at radius 3 is 2.25 bits per heavy atom. The second-order valence-electron chi connectivity index (χ2n) is 6.37. The van der Waals surface area contributed by atoms with Crippen LogP contribution in [0.5, 0.6) is 0 Å². The van der Waals surface area contributed by atoms with E-state index in [0.29, 0.717) is 26.4 Å². The summed E-state index contributed by atoms with van der Waals surface area (Å²) in [6.45, 7) is 7.27. The van der Waals surface area contributed by atoms with Gasteiger partial charge < -0.3 is 14.2 Å². The van der Waals surface area contributed by atoms with Crippen molar-refractivity contribution in [2.24, 2.45) is 0 Å². The highest BCUT2D eigenvalue weighted by molar-refractivity contribution is 5.72. The molecular weight excluding hydrogens is 302 g/mol. The van der Waals surface area contributed by atoms with Crippen LogP contribution in [0, 0.1) is 0 Å². The number of hydrogen-bond donors (Lipinski definition) is 0. The molecule has 2 aliphatic rings. The Hall–Kier alpha value is -1.20. The van der Waals surface area contributed by atoms with E-state index < -0.39 is 0 Å².